The molecule has 0 aliphatic carbocycles. The minimum atomic E-state index is -0.498. The highest BCUT2D eigenvalue weighted by Crippen LogP contribution is 2.25. The second-order valence-corrected chi connectivity index (χ2v) is 4.57. The molecule has 0 saturated heterocycles. The molecule has 0 unspecified atom stereocenters. The molecular formula is C16H12FN3O. The average molecular weight is 281 g/mol. The quantitative estimate of drug-likeness (QED) is 0.709. The monoisotopic (exact) mass is 281 g/mol. The summed E-state index contributed by atoms with van der Waals surface area (Å²) in [6.07, 6.45) is 1.48. The molecule has 0 aliphatic rings. The van der Waals surface area contributed by atoms with Crippen molar-refractivity contribution in [3.05, 3.63) is 66.2 Å². The third-order valence-corrected chi connectivity index (χ3v) is 3.12. The van der Waals surface area contributed by atoms with Gasteiger partial charge in [-0.15, -0.1) is 0 Å². The lowest BCUT2D eigenvalue weighted by Gasteiger charge is -2.08. The minimum Gasteiger partial charge on any atom is -0.398 e. The number of hydrogen-bond donors (Lipinski definition) is 2. The van der Waals surface area contributed by atoms with E-state index in [-0.39, 0.29) is 11.4 Å². The Hall–Kier alpha value is -2.95. The number of carbonyl (C=O) groups is 1. The Kier molecular flexibility index (Phi) is 3.23. The smallest absolute Gasteiger partial charge is 0.274 e. The molecule has 0 spiro atoms. The van der Waals surface area contributed by atoms with Gasteiger partial charge >= 0.3 is 0 Å². The van der Waals surface area contributed by atoms with Crippen molar-refractivity contribution in [1.82, 2.24) is 4.98 Å². The standard InChI is InChI=1S/C16H12FN3O/c17-10-8-13-12(14(18)9-10)6-7-19-15(13)16(21)20-11-4-2-1-3-5-11/h1-9H,18H2,(H,20,21). The number of para-hydroxylation sites is 1. The number of nitrogens with one attached hydrogen (secondary N) is 1. The lowest BCUT2D eigenvalue weighted by Crippen LogP contribution is -2.14. The van der Waals surface area contributed by atoms with Gasteiger partial charge in [0.2, 0.25) is 0 Å². The molecule has 0 bridgehead atoms. The Morgan fingerprint density at radius 2 is 1.86 bits per heavy atom. The lowest BCUT2D eigenvalue weighted by atomic mass is 10.1. The average Bonchev–Trinajstić information content (AvgIpc) is 2.47. The minimum absolute atomic E-state index is 0.141. The first kappa shape index (κ1) is 13.1. The molecule has 21 heavy (non-hydrogen) atoms. The van der Waals surface area contributed by atoms with Crippen LogP contribution in [-0.2, 0) is 0 Å². The Labute approximate surface area is 120 Å². The maximum Gasteiger partial charge on any atom is 0.274 e. The number of benzene rings is 2. The summed E-state index contributed by atoms with van der Waals surface area (Å²) < 4.78 is 13.5. The molecule has 1 amide bonds. The molecule has 0 saturated carbocycles. The largest absolute Gasteiger partial charge is 0.398 e. The Bertz CT molecular complexity index is 818. The van der Waals surface area contributed by atoms with E-state index in [0.717, 1.165) is 0 Å². The Balaban J connectivity index is 2.06. The second-order valence-electron chi connectivity index (χ2n) is 4.57. The number of amides is 1. The summed E-state index contributed by atoms with van der Waals surface area (Å²) in [6.45, 7) is 0. The van der Waals surface area contributed by atoms with E-state index in [4.69, 9.17) is 5.73 Å². The van der Waals surface area contributed by atoms with E-state index in [1.807, 2.05) is 18.2 Å². The van der Waals surface area contributed by atoms with Crippen LogP contribution in [0.3, 0.4) is 0 Å². The fraction of sp³-hybridized carbons (Fsp3) is 0. The number of pyridine rings is 1. The lowest BCUT2D eigenvalue weighted by molar-refractivity contribution is 0.102. The summed E-state index contributed by atoms with van der Waals surface area (Å²) in [5.41, 5.74) is 6.84. The van der Waals surface area contributed by atoms with Crippen molar-refractivity contribution in [2.24, 2.45) is 0 Å². The van der Waals surface area contributed by atoms with Crippen LogP contribution in [0.5, 0.6) is 0 Å². The predicted octanol–water partition coefficient (Wildman–Crippen LogP) is 3.21. The number of halogens is 1. The topological polar surface area (TPSA) is 68.0 Å². The summed E-state index contributed by atoms with van der Waals surface area (Å²) in [6, 6.07) is 13.1. The highest BCUT2D eigenvalue weighted by Gasteiger charge is 2.14. The van der Waals surface area contributed by atoms with Gasteiger partial charge in [0.15, 0.2) is 0 Å². The molecule has 3 rings (SSSR count). The van der Waals surface area contributed by atoms with E-state index in [9.17, 15) is 9.18 Å². The van der Waals surface area contributed by atoms with Crippen LogP contribution in [0.15, 0.2) is 54.7 Å². The number of aromatic nitrogens is 1. The van der Waals surface area contributed by atoms with Gasteiger partial charge in [0.25, 0.3) is 5.91 Å². The number of hydrogen-bond acceptors (Lipinski definition) is 3. The Morgan fingerprint density at radius 3 is 2.62 bits per heavy atom. The molecule has 5 heteroatoms. The van der Waals surface area contributed by atoms with E-state index >= 15 is 0 Å². The highest BCUT2D eigenvalue weighted by atomic mass is 19.1. The maximum atomic E-state index is 13.5. The zero-order chi connectivity index (χ0) is 14.8. The summed E-state index contributed by atoms with van der Waals surface area (Å²) in [5.74, 6) is -0.904. The maximum absolute atomic E-state index is 13.5. The second kappa shape index (κ2) is 5.20. The molecule has 0 fully saturated rings. The van der Waals surface area contributed by atoms with Crippen molar-refractivity contribution in [1.29, 1.82) is 0 Å². The van der Waals surface area contributed by atoms with E-state index in [0.29, 0.717) is 16.5 Å². The van der Waals surface area contributed by atoms with Crippen LogP contribution in [0.25, 0.3) is 10.8 Å². The van der Waals surface area contributed by atoms with Crippen LogP contribution in [0, 0.1) is 5.82 Å². The van der Waals surface area contributed by atoms with Crippen LogP contribution >= 0.6 is 0 Å². The molecule has 3 N–H and O–H groups in total. The number of carbonyl (C=O) groups excluding carboxylic acids is 1. The van der Waals surface area contributed by atoms with Crippen molar-refractivity contribution in [3.8, 4) is 0 Å². The molecule has 4 nitrogen and oxygen atoms in total. The van der Waals surface area contributed by atoms with Gasteiger partial charge in [0.05, 0.1) is 0 Å². The molecule has 1 aromatic heterocycles. The molecule has 104 valence electrons. The van der Waals surface area contributed by atoms with Crippen LogP contribution in [0.1, 0.15) is 10.5 Å². The third kappa shape index (κ3) is 2.53. The van der Waals surface area contributed by atoms with E-state index in [1.165, 1.54) is 18.3 Å². The number of anilines is 2. The predicted molar refractivity (Wildman–Crippen MR) is 80.5 cm³/mol. The van der Waals surface area contributed by atoms with Crippen LogP contribution in [0.2, 0.25) is 0 Å². The number of fused-ring (bicyclic) bond motifs is 1. The van der Waals surface area contributed by atoms with Crippen molar-refractivity contribution in [2.75, 3.05) is 11.1 Å². The van der Waals surface area contributed by atoms with Crippen molar-refractivity contribution in [3.63, 3.8) is 0 Å². The molecule has 0 radical (unpaired) electrons. The van der Waals surface area contributed by atoms with Gasteiger partial charge in [-0.05, 0) is 30.3 Å². The van der Waals surface area contributed by atoms with Gasteiger partial charge in [0.1, 0.15) is 11.5 Å². The zero-order valence-electron chi connectivity index (χ0n) is 11.0. The van der Waals surface area contributed by atoms with Gasteiger partial charge in [-0.25, -0.2) is 4.39 Å². The molecule has 0 aliphatic heterocycles. The molecule has 1 heterocycles. The zero-order valence-corrected chi connectivity index (χ0v) is 11.0. The SMILES string of the molecule is Nc1cc(F)cc2c(C(=O)Nc3ccccc3)nccc12. The number of nitrogens with zero attached hydrogens (tertiary/aromatic N) is 1. The molecule has 3 aromatic rings. The van der Waals surface area contributed by atoms with E-state index < -0.39 is 11.7 Å². The van der Waals surface area contributed by atoms with Gasteiger partial charge < -0.3 is 11.1 Å². The van der Waals surface area contributed by atoms with Gasteiger partial charge in [-0.1, -0.05) is 18.2 Å². The first-order chi connectivity index (χ1) is 10.1. The first-order valence-corrected chi connectivity index (χ1v) is 6.35. The van der Waals surface area contributed by atoms with Crippen LogP contribution < -0.4 is 11.1 Å². The van der Waals surface area contributed by atoms with Gasteiger partial charge in [-0.2, -0.15) is 0 Å². The highest BCUT2D eigenvalue weighted by molar-refractivity contribution is 6.13. The Morgan fingerprint density at radius 1 is 1.10 bits per heavy atom. The molecule has 2 aromatic carbocycles. The van der Waals surface area contributed by atoms with Crippen LogP contribution in [0.4, 0.5) is 15.8 Å². The number of rotatable bonds is 2. The fourth-order valence-corrected chi connectivity index (χ4v) is 2.17. The van der Waals surface area contributed by atoms with Gasteiger partial charge in [0, 0.05) is 28.3 Å². The summed E-state index contributed by atoms with van der Waals surface area (Å²) in [4.78, 5) is 16.4. The van der Waals surface area contributed by atoms with Crippen LogP contribution in [-0.4, -0.2) is 10.9 Å². The van der Waals surface area contributed by atoms with Crippen molar-refractivity contribution in [2.45, 2.75) is 0 Å². The summed E-state index contributed by atoms with van der Waals surface area (Å²) in [5, 5.41) is 3.72. The fourth-order valence-electron chi connectivity index (χ4n) is 2.17. The van der Waals surface area contributed by atoms with Crippen molar-refractivity contribution >= 4 is 28.1 Å². The van der Waals surface area contributed by atoms with Gasteiger partial charge in [-0.3, -0.25) is 9.78 Å². The molecule has 0 atom stereocenters. The van der Waals surface area contributed by atoms with E-state index in [1.54, 1.807) is 18.2 Å². The van der Waals surface area contributed by atoms with E-state index in [2.05, 4.69) is 10.3 Å². The molecular weight excluding hydrogens is 269 g/mol. The summed E-state index contributed by atoms with van der Waals surface area (Å²) >= 11 is 0. The normalized spacial score (nSPS) is 10.5. The number of nitrogens with two attached hydrogens (primary N) is 1. The third-order valence-electron chi connectivity index (χ3n) is 3.12. The number of nitrogen functional groups attached to an aromatic ring is 1. The van der Waals surface area contributed by atoms with Crippen molar-refractivity contribution < 1.29 is 9.18 Å². The first-order valence-electron chi connectivity index (χ1n) is 6.35. The summed E-state index contributed by atoms with van der Waals surface area (Å²) in [7, 11) is 0.